The highest BCUT2D eigenvalue weighted by Gasteiger charge is 2.16. The number of carbonyl (C=O) groups excluding carboxylic acids is 2. The van der Waals surface area contributed by atoms with E-state index in [0.29, 0.717) is 5.69 Å². The highest BCUT2D eigenvalue weighted by molar-refractivity contribution is 6.30. The van der Waals surface area contributed by atoms with Gasteiger partial charge in [0.25, 0.3) is 5.91 Å². The number of esters is 1. The minimum atomic E-state index is -0.935. The maximum atomic E-state index is 13.7. The van der Waals surface area contributed by atoms with Crippen LogP contribution in [0.2, 0.25) is 5.02 Å². The molecule has 0 heterocycles. The molecular formula is C21H15ClFNO3. The zero-order valence-electron chi connectivity index (χ0n) is 14.1. The first kappa shape index (κ1) is 18.6. The van der Waals surface area contributed by atoms with Crippen LogP contribution >= 0.6 is 11.6 Å². The molecule has 0 saturated heterocycles. The van der Waals surface area contributed by atoms with Crippen LogP contribution in [0.1, 0.15) is 10.4 Å². The van der Waals surface area contributed by atoms with E-state index in [9.17, 15) is 14.0 Å². The van der Waals surface area contributed by atoms with Gasteiger partial charge in [0.2, 0.25) is 0 Å². The Morgan fingerprint density at radius 2 is 1.67 bits per heavy atom. The molecule has 0 spiro atoms. The summed E-state index contributed by atoms with van der Waals surface area (Å²) in [5, 5.41) is 2.87. The second kappa shape index (κ2) is 8.47. The quantitative estimate of drug-likeness (QED) is 0.635. The maximum absolute atomic E-state index is 13.7. The third kappa shape index (κ3) is 4.71. The number of rotatable bonds is 5. The number of nitrogens with one attached hydrogen (secondary N) is 1. The SMILES string of the molecule is O=C(COC(=O)c1ccc(Cl)cc1F)Nc1ccccc1-c1ccccc1. The highest BCUT2D eigenvalue weighted by atomic mass is 35.5. The number of para-hydroxylation sites is 1. The Balaban J connectivity index is 1.66. The van der Waals surface area contributed by atoms with Crippen LogP contribution in [-0.4, -0.2) is 18.5 Å². The lowest BCUT2D eigenvalue weighted by Crippen LogP contribution is -2.21. The molecule has 0 saturated carbocycles. The van der Waals surface area contributed by atoms with Crippen LogP contribution in [-0.2, 0) is 9.53 Å². The fourth-order valence-corrected chi connectivity index (χ4v) is 2.67. The standard InChI is InChI=1S/C21H15ClFNO3/c22-15-10-11-17(18(23)12-15)21(26)27-13-20(25)24-19-9-5-4-8-16(19)14-6-2-1-3-7-14/h1-12H,13H2,(H,24,25). The molecule has 136 valence electrons. The molecule has 0 fully saturated rings. The first-order valence-corrected chi connectivity index (χ1v) is 8.49. The van der Waals surface area contributed by atoms with Crippen molar-refractivity contribution in [2.75, 3.05) is 11.9 Å². The third-order valence-corrected chi connectivity index (χ3v) is 4.01. The molecule has 0 unspecified atom stereocenters. The van der Waals surface area contributed by atoms with E-state index >= 15 is 0 Å². The normalized spacial score (nSPS) is 10.3. The van der Waals surface area contributed by atoms with Crippen molar-refractivity contribution >= 4 is 29.2 Å². The maximum Gasteiger partial charge on any atom is 0.341 e. The van der Waals surface area contributed by atoms with Crippen LogP contribution in [0.4, 0.5) is 10.1 Å². The largest absolute Gasteiger partial charge is 0.452 e. The van der Waals surface area contributed by atoms with Crippen LogP contribution < -0.4 is 5.32 Å². The average molecular weight is 384 g/mol. The van der Waals surface area contributed by atoms with E-state index in [4.69, 9.17) is 16.3 Å². The second-order valence-corrected chi connectivity index (χ2v) is 6.10. The molecule has 0 aliphatic rings. The van der Waals surface area contributed by atoms with E-state index in [1.807, 2.05) is 42.5 Å². The summed E-state index contributed by atoms with van der Waals surface area (Å²) in [4.78, 5) is 24.1. The van der Waals surface area contributed by atoms with Gasteiger partial charge in [-0.15, -0.1) is 0 Å². The molecule has 3 aromatic rings. The van der Waals surface area contributed by atoms with Gasteiger partial charge >= 0.3 is 5.97 Å². The van der Waals surface area contributed by atoms with Crippen molar-refractivity contribution in [2.24, 2.45) is 0 Å². The van der Waals surface area contributed by atoms with E-state index in [2.05, 4.69) is 5.32 Å². The fourth-order valence-electron chi connectivity index (χ4n) is 2.51. The summed E-state index contributed by atoms with van der Waals surface area (Å²) in [5.74, 6) is -2.26. The zero-order chi connectivity index (χ0) is 19.2. The topological polar surface area (TPSA) is 55.4 Å². The summed E-state index contributed by atoms with van der Waals surface area (Å²) in [7, 11) is 0. The van der Waals surface area contributed by atoms with Gasteiger partial charge in [0.15, 0.2) is 6.61 Å². The van der Waals surface area contributed by atoms with E-state index in [-0.39, 0.29) is 10.6 Å². The summed E-state index contributed by atoms with van der Waals surface area (Å²) >= 11 is 5.65. The molecule has 0 aromatic heterocycles. The van der Waals surface area contributed by atoms with E-state index < -0.39 is 24.3 Å². The number of ether oxygens (including phenoxy) is 1. The zero-order valence-corrected chi connectivity index (χ0v) is 14.9. The molecule has 3 aromatic carbocycles. The molecule has 4 nitrogen and oxygen atoms in total. The molecule has 0 bridgehead atoms. The van der Waals surface area contributed by atoms with Crippen molar-refractivity contribution in [3.05, 3.63) is 89.2 Å². The predicted octanol–water partition coefficient (Wildman–Crippen LogP) is 4.94. The molecule has 0 aliphatic heterocycles. The number of carbonyl (C=O) groups is 2. The predicted molar refractivity (Wildman–Crippen MR) is 102 cm³/mol. The van der Waals surface area contributed by atoms with Crippen molar-refractivity contribution in [2.45, 2.75) is 0 Å². The lowest BCUT2D eigenvalue weighted by Gasteiger charge is -2.11. The smallest absolute Gasteiger partial charge is 0.341 e. The number of hydrogen-bond donors (Lipinski definition) is 1. The summed E-state index contributed by atoms with van der Waals surface area (Å²) in [6, 6.07) is 20.4. The van der Waals surface area contributed by atoms with Crippen molar-refractivity contribution < 1.29 is 18.7 Å². The first-order valence-electron chi connectivity index (χ1n) is 8.11. The lowest BCUT2D eigenvalue weighted by molar-refractivity contribution is -0.119. The molecule has 1 amide bonds. The van der Waals surface area contributed by atoms with Gasteiger partial charge in [0.05, 0.1) is 5.56 Å². The monoisotopic (exact) mass is 383 g/mol. The first-order chi connectivity index (χ1) is 13.0. The van der Waals surface area contributed by atoms with Gasteiger partial charge in [-0.25, -0.2) is 9.18 Å². The molecule has 0 aliphatic carbocycles. The number of amides is 1. The summed E-state index contributed by atoms with van der Waals surface area (Å²) in [5.41, 5.74) is 2.08. The third-order valence-electron chi connectivity index (χ3n) is 3.77. The van der Waals surface area contributed by atoms with Gasteiger partial charge in [0, 0.05) is 16.3 Å². The summed E-state index contributed by atoms with van der Waals surface area (Å²) in [6.45, 7) is -0.538. The van der Waals surface area contributed by atoms with Gasteiger partial charge in [-0.3, -0.25) is 4.79 Å². The lowest BCUT2D eigenvalue weighted by atomic mass is 10.0. The van der Waals surface area contributed by atoms with E-state index in [0.717, 1.165) is 17.2 Å². The number of hydrogen-bond acceptors (Lipinski definition) is 3. The van der Waals surface area contributed by atoms with Crippen LogP contribution in [0.3, 0.4) is 0 Å². The Morgan fingerprint density at radius 3 is 2.41 bits per heavy atom. The molecule has 27 heavy (non-hydrogen) atoms. The van der Waals surface area contributed by atoms with Crippen LogP contribution in [0.15, 0.2) is 72.8 Å². The molecular weight excluding hydrogens is 369 g/mol. The van der Waals surface area contributed by atoms with Gasteiger partial charge in [0.1, 0.15) is 5.82 Å². The summed E-state index contributed by atoms with van der Waals surface area (Å²) < 4.78 is 18.6. The molecule has 1 N–H and O–H groups in total. The minimum absolute atomic E-state index is 0.166. The second-order valence-electron chi connectivity index (χ2n) is 5.66. The number of benzene rings is 3. The van der Waals surface area contributed by atoms with Crippen molar-refractivity contribution in [3.63, 3.8) is 0 Å². The highest BCUT2D eigenvalue weighted by Crippen LogP contribution is 2.27. The van der Waals surface area contributed by atoms with Crippen molar-refractivity contribution in [1.29, 1.82) is 0 Å². The Bertz CT molecular complexity index is 976. The van der Waals surface area contributed by atoms with E-state index in [1.54, 1.807) is 12.1 Å². The summed E-state index contributed by atoms with van der Waals surface area (Å²) in [6.07, 6.45) is 0. The molecule has 6 heteroatoms. The Hall–Kier alpha value is -3.18. The van der Waals surface area contributed by atoms with Gasteiger partial charge in [-0.05, 0) is 29.8 Å². The Morgan fingerprint density at radius 1 is 0.963 bits per heavy atom. The van der Waals surface area contributed by atoms with E-state index in [1.165, 1.54) is 12.1 Å². The van der Waals surface area contributed by atoms with Gasteiger partial charge in [-0.1, -0.05) is 60.1 Å². The number of anilines is 1. The van der Waals surface area contributed by atoms with Gasteiger partial charge < -0.3 is 10.1 Å². The Labute approximate surface area is 160 Å². The van der Waals surface area contributed by atoms with Crippen LogP contribution in [0.5, 0.6) is 0 Å². The van der Waals surface area contributed by atoms with Crippen molar-refractivity contribution in [1.82, 2.24) is 0 Å². The van der Waals surface area contributed by atoms with Crippen molar-refractivity contribution in [3.8, 4) is 11.1 Å². The van der Waals surface area contributed by atoms with Gasteiger partial charge in [-0.2, -0.15) is 0 Å². The minimum Gasteiger partial charge on any atom is -0.452 e. The Kier molecular flexibility index (Phi) is 5.84. The molecule has 0 radical (unpaired) electrons. The van der Waals surface area contributed by atoms with Crippen LogP contribution in [0.25, 0.3) is 11.1 Å². The van der Waals surface area contributed by atoms with Crippen LogP contribution in [0, 0.1) is 5.82 Å². The number of halogens is 2. The fraction of sp³-hybridized carbons (Fsp3) is 0.0476. The average Bonchev–Trinajstić information content (AvgIpc) is 2.67. The molecule has 0 atom stereocenters. The molecule has 3 rings (SSSR count).